The van der Waals surface area contributed by atoms with Crippen molar-refractivity contribution in [2.24, 2.45) is 0 Å². The van der Waals surface area contributed by atoms with E-state index < -0.39 is 23.3 Å². The molecule has 3 amide bonds. The SMILES string of the molecule is CCc1noc(CN2C(=O)N[C@@](C)(c3ccccc3F)C2=O)n1. The lowest BCUT2D eigenvalue weighted by Gasteiger charge is -2.22. The van der Waals surface area contributed by atoms with Crippen molar-refractivity contribution in [2.75, 3.05) is 0 Å². The summed E-state index contributed by atoms with van der Waals surface area (Å²) in [6, 6.07) is 5.22. The molecule has 0 unspecified atom stereocenters. The van der Waals surface area contributed by atoms with E-state index in [1.807, 2.05) is 6.92 Å². The number of nitrogens with one attached hydrogen (secondary N) is 1. The van der Waals surface area contributed by atoms with Crippen molar-refractivity contribution in [1.29, 1.82) is 0 Å². The Bertz CT molecular complexity index is 776. The van der Waals surface area contributed by atoms with E-state index in [2.05, 4.69) is 15.5 Å². The van der Waals surface area contributed by atoms with Gasteiger partial charge >= 0.3 is 6.03 Å². The number of halogens is 1. The molecule has 8 heteroatoms. The Balaban J connectivity index is 1.89. The Morgan fingerprint density at radius 3 is 2.74 bits per heavy atom. The molecule has 0 spiro atoms. The molecular weight excluding hydrogens is 303 g/mol. The van der Waals surface area contributed by atoms with Crippen molar-refractivity contribution in [2.45, 2.75) is 32.4 Å². The Hall–Kier alpha value is -2.77. The molecule has 1 atom stereocenters. The van der Waals surface area contributed by atoms with Gasteiger partial charge in [0, 0.05) is 12.0 Å². The minimum atomic E-state index is -1.46. The van der Waals surface area contributed by atoms with E-state index in [9.17, 15) is 14.0 Å². The zero-order chi connectivity index (χ0) is 16.6. The first-order chi connectivity index (χ1) is 11.0. The average molecular weight is 318 g/mol. The smallest absolute Gasteiger partial charge is 0.325 e. The number of benzene rings is 1. The van der Waals surface area contributed by atoms with Crippen LogP contribution in [0, 0.1) is 5.82 Å². The van der Waals surface area contributed by atoms with Crippen LogP contribution in [0.5, 0.6) is 0 Å². The molecule has 2 aromatic rings. The van der Waals surface area contributed by atoms with Crippen LogP contribution >= 0.6 is 0 Å². The molecule has 1 aromatic carbocycles. The van der Waals surface area contributed by atoms with Crippen molar-refractivity contribution in [3.05, 3.63) is 47.4 Å². The summed E-state index contributed by atoms with van der Waals surface area (Å²) in [5, 5.41) is 6.26. The van der Waals surface area contributed by atoms with Gasteiger partial charge in [-0.2, -0.15) is 4.98 Å². The lowest BCUT2D eigenvalue weighted by Crippen LogP contribution is -2.41. The molecule has 1 N–H and O–H groups in total. The Kier molecular flexibility index (Phi) is 3.59. The highest BCUT2D eigenvalue weighted by Crippen LogP contribution is 2.31. The fourth-order valence-electron chi connectivity index (χ4n) is 2.52. The number of rotatable bonds is 4. The summed E-state index contributed by atoms with van der Waals surface area (Å²) in [5.41, 5.74) is -1.35. The van der Waals surface area contributed by atoms with Crippen molar-refractivity contribution >= 4 is 11.9 Å². The average Bonchev–Trinajstić information content (AvgIpc) is 3.07. The van der Waals surface area contributed by atoms with Crippen LogP contribution in [-0.4, -0.2) is 27.0 Å². The number of amides is 3. The minimum Gasteiger partial charge on any atom is -0.337 e. The number of aromatic nitrogens is 2. The van der Waals surface area contributed by atoms with Crippen LogP contribution in [-0.2, 0) is 23.3 Å². The molecule has 0 radical (unpaired) electrons. The molecule has 7 nitrogen and oxygen atoms in total. The second kappa shape index (κ2) is 5.45. The van der Waals surface area contributed by atoms with Crippen LogP contribution in [0.15, 0.2) is 28.8 Å². The summed E-state index contributed by atoms with van der Waals surface area (Å²) in [5.74, 6) is -0.479. The quantitative estimate of drug-likeness (QED) is 0.868. The largest absolute Gasteiger partial charge is 0.337 e. The van der Waals surface area contributed by atoms with Gasteiger partial charge in [-0.25, -0.2) is 9.18 Å². The van der Waals surface area contributed by atoms with Gasteiger partial charge in [0.25, 0.3) is 5.91 Å². The van der Waals surface area contributed by atoms with Crippen LogP contribution in [0.1, 0.15) is 31.1 Å². The topological polar surface area (TPSA) is 88.3 Å². The lowest BCUT2D eigenvalue weighted by atomic mass is 9.91. The Morgan fingerprint density at radius 1 is 1.35 bits per heavy atom. The maximum atomic E-state index is 14.0. The number of aryl methyl sites for hydroxylation is 1. The van der Waals surface area contributed by atoms with Crippen LogP contribution in [0.4, 0.5) is 9.18 Å². The molecule has 120 valence electrons. The van der Waals surface area contributed by atoms with E-state index in [4.69, 9.17) is 4.52 Å². The van der Waals surface area contributed by atoms with Gasteiger partial charge in [-0.1, -0.05) is 30.3 Å². The second-order valence-electron chi connectivity index (χ2n) is 5.38. The fourth-order valence-corrected chi connectivity index (χ4v) is 2.52. The van der Waals surface area contributed by atoms with Crippen molar-refractivity contribution in [1.82, 2.24) is 20.4 Å². The highest BCUT2D eigenvalue weighted by Gasteiger charge is 2.50. The van der Waals surface area contributed by atoms with Gasteiger partial charge in [0.1, 0.15) is 17.9 Å². The molecule has 23 heavy (non-hydrogen) atoms. The van der Waals surface area contributed by atoms with Gasteiger partial charge in [-0.05, 0) is 13.0 Å². The van der Waals surface area contributed by atoms with Crippen LogP contribution < -0.4 is 5.32 Å². The van der Waals surface area contributed by atoms with Gasteiger partial charge in [-0.15, -0.1) is 0 Å². The number of urea groups is 1. The summed E-state index contributed by atoms with van der Waals surface area (Å²) in [4.78, 5) is 29.8. The third-order valence-electron chi connectivity index (χ3n) is 3.81. The molecule has 0 bridgehead atoms. The van der Waals surface area contributed by atoms with E-state index in [1.165, 1.54) is 25.1 Å². The Labute approximate surface area is 131 Å². The predicted octanol–water partition coefficient (Wildman–Crippen LogP) is 1.74. The highest BCUT2D eigenvalue weighted by atomic mass is 19.1. The van der Waals surface area contributed by atoms with E-state index in [0.717, 1.165) is 4.90 Å². The third kappa shape index (κ3) is 2.45. The first-order valence-electron chi connectivity index (χ1n) is 7.16. The maximum absolute atomic E-state index is 14.0. The van der Waals surface area contributed by atoms with Gasteiger partial charge in [0.15, 0.2) is 5.82 Å². The summed E-state index contributed by atoms with van der Waals surface area (Å²) < 4.78 is 19.0. The number of hydrogen-bond acceptors (Lipinski definition) is 5. The van der Waals surface area contributed by atoms with Crippen LogP contribution in [0.3, 0.4) is 0 Å². The number of carbonyl (C=O) groups excluding carboxylic acids is 2. The lowest BCUT2D eigenvalue weighted by molar-refractivity contribution is -0.131. The van der Waals surface area contributed by atoms with E-state index >= 15 is 0 Å². The molecule has 1 aliphatic rings. The number of imide groups is 1. The second-order valence-corrected chi connectivity index (χ2v) is 5.38. The zero-order valence-electron chi connectivity index (χ0n) is 12.7. The maximum Gasteiger partial charge on any atom is 0.325 e. The number of nitrogens with zero attached hydrogens (tertiary/aromatic N) is 3. The molecular formula is C15H15FN4O3. The molecule has 1 aliphatic heterocycles. The first-order valence-corrected chi connectivity index (χ1v) is 7.16. The normalized spacial score (nSPS) is 20.9. The Morgan fingerprint density at radius 2 is 2.09 bits per heavy atom. The third-order valence-corrected chi connectivity index (χ3v) is 3.81. The summed E-state index contributed by atoms with van der Waals surface area (Å²) >= 11 is 0. The van der Waals surface area contributed by atoms with Crippen molar-refractivity contribution in [3.63, 3.8) is 0 Å². The van der Waals surface area contributed by atoms with Crippen molar-refractivity contribution < 1.29 is 18.5 Å². The van der Waals surface area contributed by atoms with Crippen LogP contribution in [0.2, 0.25) is 0 Å². The summed E-state index contributed by atoms with van der Waals surface area (Å²) in [7, 11) is 0. The van der Waals surface area contributed by atoms with Crippen LogP contribution in [0.25, 0.3) is 0 Å². The molecule has 1 fully saturated rings. The summed E-state index contributed by atoms with van der Waals surface area (Å²) in [6.07, 6.45) is 0.580. The number of carbonyl (C=O) groups is 2. The van der Waals surface area contributed by atoms with Gasteiger partial charge in [0.05, 0.1) is 0 Å². The first kappa shape index (κ1) is 15.1. The van der Waals surface area contributed by atoms with Gasteiger partial charge in [0.2, 0.25) is 5.89 Å². The number of hydrogen-bond donors (Lipinski definition) is 1. The molecule has 2 heterocycles. The molecule has 3 rings (SSSR count). The molecule has 1 aromatic heterocycles. The van der Waals surface area contributed by atoms with E-state index in [1.54, 1.807) is 6.07 Å². The van der Waals surface area contributed by atoms with Crippen molar-refractivity contribution in [3.8, 4) is 0 Å². The molecule has 0 saturated carbocycles. The van der Waals surface area contributed by atoms with Gasteiger partial charge in [-0.3, -0.25) is 9.69 Å². The van der Waals surface area contributed by atoms with E-state index in [-0.39, 0.29) is 18.0 Å². The predicted molar refractivity (Wildman–Crippen MR) is 76.5 cm³/mol. The standard InChI is InChI=1S/C15H15FN4O3/c1-3-11-17-12(23-19-11)8-20-13(21)15(2,18-14(20)22)9-6-4-5-7-10(9)16/h4-7H,3,8H2,1-2H3,(H,18,22)/t15-/m0/s1. The van der Waals surface area contributed by atoms with Gasteiger partial charge < -0.3 is 9.84 Å². The molecule has 1 saturated heterocycles. The zero-order valence-corrected chi connectivity index (χ0v) is 12.7. The monoisotopic (exact) mass is 318 g/mol. The summed E-state index contributed by atoms with van der Waals surface area (Å²) in [6.45, 7) is 3.18. The highest BCUT2D eigenvalue weighted by molar-refractivity contribution is 6.07. The molecule has 0 aliphatic carbocycles. The minimum absolute atomic E-state index is 0.112. The van der Waals surface area contributed by atoms with E-state index in [0.29, 0.717) is 12.2 Å². The fraction of sp³-hybridized carbons (Fsp3) is 0.333.